The topological polar surface area (TPSA) is 17.1 Å². The highest BCUT2D eigenvalue weighted by Crippen LogP contribution is 2.27. The molecule has 2 aromatic carbocycles. The summed E-state index contributed by atoms with van der Waals surface area (Å²) >= 11 is 8.39. The van der Waals surface area contributed by atoms with Gasteiger partial charge in [-0.2, -0.15) is 0 Å². The Morgan fingerprint density at radius 2 is 1.83 bits per heavy atom. The lowest BCUT2D eigenvalue weighted by molar-refractivity contribution is 0.102. The van der Waals surface area contributed by atoms with Crippen LogP contribution in [0, 0.1) is 0 Å². The second kappa shape index (κ2) is 6.55. The molecule has 0 heterocycles. The Morgan fingerprint density at radius 1 is 1.06 bits per heavy atom. The van der Waals surface area contributed by atoms with E-state index in [1.54, 1.807) is 11.8 Å². The summed E-state index contributed by atoms with van der Waals surface area (Å²) in [5.41, 5.74) is 0.740. The Morgan fingerprint density at radius 3 is 2.56 bits per heavy atom. The second-order valence-corrected chi connectivity index (χ2v) is 6.44. The predicted octanol–water partition coefficient (Wildman–Crippen LogP) is 5.19. The molecule has 2 rings (SSSR count). The smallest absolute Gasteiger partial charge is 0.173 e. The lowest BCUT2D eigenvalue weighted by Gasteiger charge is -2.04. The number of hydrogen-bond acceptors (Lipinski definition) is 2. The third kappa shape index (κ3) is 3.70. The minimum Gasteiger partial charge on any atom is -0.293 e. The maximum atomic E-state index is 12.0. The number of halogens is 2. The van der Waals surface area contributed by atoms with Crippen molar-refractivity contribution >= 4 is 49.4 Å². The SMILES string of the molecule is O=C(CSc1ccccc1Br)c1cccc(Br)c1. The van der Waals surface area contributed by atoms with E-state index >= 15 is 0 Å². The first-order valence-corrected chi connectivity index (χ1v) is 7.90. The molecule has 0 fully saturated rings. The van der Waals surface area contributed by atoms with Gasteiger partial charge in [-0.25, -0.2) is 0 Å². The Hall–Kier alpha value is -0.580. The van der Waals surface area contributed by atoms with Crippen molar-refractivity contribution in [1.29, 1.82) is 0 Å². The number of thioether (sulfide) groups is 1. The largest absolute Gasteiger partial charge is 0.293 e. The third-order valence-electron chi connectivity index (χ3n) is 2.34. The van der Waals surface area contributed by atoms with E-state index in [0.717, 1.165) is 19.4 Å². The first-order chi connectivity index (χ1) is 8.66. The summed E-state index contributed by atoms with van der Waals surface area (Å²) in [6.07, 6.45) is 0. The van der Waals surface area contributed by atoms with Crippen LogP contribution in [0.2, 0.25) is 0 Å². The van der Waals surface area contributed by atoms with Gasteiger partial charge in [-0.1, -0.05) is 40.2 Å². The molecule has 0 bridgehead atoms. The van der Waals surface area contributed by atoms with Crippen LogP contribution in [0.3, 0.4) is 0 Å². The van der Waals surface area contributed by atoms with Crippen LogP contribution in [-0.4, -0.2) is 11.5 Å². The van der Waals surface area contributed by atoms with Gasteiger partial charge in [-0.15, -0.1) is 11.8 Å². The molecular formula is C14H10Br2OS. The number of Topliss-reactive ketones (excluding diaryl/α,β-unsaturated/α-hetero) is 1. The van der Waals surface area contributed by atoms with Crippen LogP contribution in [0.4, 0.5) is 0 Å². The van der Waals surface area contributed by atoms with E-state index in [-0.39, 0.29) is 5.78 Å². The molecule has 1 nitrogen and oxygen atoms in total. The Labute approximate surface area is 127 Å². The molecule has 0 aliphatic heterocycles. The summed E-state index contributed by atoms with van der Waals surface area (Å²) < 4.78 is 1.95. The fraction of sp³-hybridized carbons (Fsp3) is 0.0714. The molecule has 0 aliphatic rings. The molecule has 0 unspecified atom stereocenters. The zero-order valence-electron chi connectivity index (χ0n) is 9.40. The maximum Gasteiger partial charge on any atom is 0.173 e. The maximum absolute atomic E-state index is 12.0. The van der Waals surface area contributed by atoms with Gasteiger partial charge >= 0.3 is 0 Å². The molecular weight excluding hydrogens is 376 g/mol. The number of hydrogen-bond donors (Lipinski definition) is 0. The molecule has 0 spiro atoms. The number of rotatable bonds is 4. The molecule has 4 heteroatoms. The van der Waals surface area contributed by atoms with Crippen molar-refractivity contribution < 1.29 is 4.79 Å². The Bertz CT molecular complexity index is 569. The average Bonchev–Trinajstić information content (AvgIpc) is 2.37. The first kappa shape index (κ1) is 13.8. The normalized spacial score (nSPS) is 10.3. The minimum absolute atomic E-state index is 0.136. The van der Waals surface area contributed by atoms with E-state index in [4.69, 9.17) is 0 Å². The molecule has 92 valence electrons. The molecule has 0 saturated carbocycles. The van der Waals surface area contributed by atoms with Crippen LogP contribution >= 0.6 is 43.6 Å². The molecule has 18 heavy (non-hydrogen) atoms. The van der Waals surface area contributed by atoms with Crippen molar-refractivity contribution in [2.24, 2.45) is 0 Å². The fourth-order valence-electron chi connectivity index (χ4n) is 1.45. The minimum atomic E-state index is 0.136. The van der Waals surface area contributed by atoms with Crippen molar-refractivity contribution in [2.45, 2.75) is 4.90 Å². The van der Waals surface area contributed by atoms with E-state index in [9.17, 15) is 4.79 Å². The van der Waals surface area contributed by atoms with Gasteiger partial charge in [0.05, 0.1) is 5.75 Å². The van der Waals surface area contributed by atoms with Crippen LogP contribution in [0.25, 0.3) is 0 Å². The van der Waals surface area contributed by atoms with Gasteiger partial charge in [-0.05, 0) is 40.2 Å². The number of ketones is 1. The van der Waals surface area contributed by atoms with Crippen LogP contribution in [0.1, 0.15) is 10.4 Å². The zero-order chi connectivity index (χ0) is 13.0. The highest BCUT2D eigenvalue weighted by Gasteiger charge is 2.08. The van der Waals surface area contributed by atoms with Crippen molar-refractivity contribution in [1.82, 2.24) is 0 Å². The highest BCUT2D eigenvalue weighted by atomic mass is 79.9. The van der Waals surface area contributed by atoms with Crippen LogP contribution in [0.5, 0.6) is 0 Å². The van der Waals surface area contributed by atoms with Gasteiger partial charge < -0.3 is 0 Å². The quantitative estimate of drug-likeness (QED) is 0.532. The summed E-state index contributed by atoms with van der Waals surface area (Å²) in [6.45, 7) is 0. The lowest BCUT2D eigenvalue weighted by Crippen LogP contribution is -2.02. The second-order valence-electron chi connectivity index (χ2n) is 3.65. The highest BCUT2D eigenvalue weighted by molar-refractivity contribution is 9.10. The molecule has 0 saturated heterocycles. The molecule has 0 radical (unpaired) electrons. The molecule has 0 atom stereocenters. The summed E-state index contributed by atoms with van der Waals surface area (Å²) in [5.74, 6) is 0.580. The van der Waals surface area contributed by atoms with E-state index < -0.39 is 0 Å². The van der Waals surface area contributed by atoms with Gasteiger partial charge in [0.2, 0.25) is 0 Å². The summed E-state index contributed by atoms with van der Waals surface area (Å²) in [4.78, 5) is 13.1. The molecule has 2 aromatic rings. The van der Waals surface area contributed by atoms with Crippen molar-refractivity contribution in [3.8, 4) is 0 Å². The lowest BCUT2D eigenvalue weighted by atomic mass is 10.2. The zero-order valence-corrected chi connectivity index (χ0v) is 13.4. The number of carbonyl (C=O) groups is 1. The third-order valence-corrected chi connectivity index (χ3v) is 4.86. The Balaban J connectivity index is 2.03. The number of benzene rings is 2. The summed E-state index contributed by atoms with van der Waals surface area (Å²) in [7, 11) is 0. The van der Waals surface area contributed by atoms with Gasteiger partial charge in [0.1, 0.15) is 0 Å². The van der Waals surface area contributed by atoms with E-state index in [1.807, 2.05) is 48.5 Å². The van der Waals surface area contributed by atoms with Crippen molar-refractivity contribution in [3.05, 3.63) is 63.0 Å². The monoisotopic (exact) mass is 384 g/mol. The van der Waals surface area contributed by atoms with Crippen molar-refractivity contribution in [2.75, 3.05) is 5.75 Å². The standard InChI is InChI=1S/C14H10Br2OS/c15-11-5-3-4-10(8-11)13(17)9-18-14-7-2-1-6-12(14)16/h1-8H,9H2. The Kier molecular flexibility index (Phi) is 5.03. The summed E-state index contributed by atoms with van der Waals surface area (Å²) in [5, 5.41) is 0. The fourth-order valence-corrected chi connectivity index (χ4v) is 3.31. The first-order valence-electron chi connectivity index (χ1n) is 5.33. The molecule has 0 amide bonds. The van der Waals surface area contributed by atoms with Crippen LogP contribution in [-0.2, 0) is 0 Å². The van der Waals surface area contributed by atoms with E-state index in [0.29, 0.717) is 5.75 Å². The van der Waals surface area contributed by atoms with Crippen LogP contribution < -0.4 is 0 Å². The predicted molar refractivity (Wildman–Crippen MR) is 83.3 cm³/mol. The van der Waals surface area contributed by atoms with Gasteiger partial charge in [0.25, 0.3) is 0 Å². The van der Waals surface area contributed by atoms with Crippen LogP contribution in [0.15, 0.2) is 62.4 Å². The molecule has 0 N–H and O–H groups in total. The summed E-state index contributed by atoms with van der Waals surface area (Å²) in [6, 6.07) is 15.4. The van der Waals surface area contributed by atoms with E-state index in [2.05, 4.69) is 31.9 Å². The van der Waals surface area contributed by atoms with Gasteiger partial charge in [-0.3, -0.25) is 4.79 Å². The molecule has 0 aliphatic carbocycles. The average molecular weight is 386 g/mol. The van der Waals surface area contributed by atoms with Crippen molar-refractivity contribution in [3.63, 3.8) is 0 Å². The van der Waals surface area contributed by atoms with Gasteiger partial charge in [0.15, 0.2) is 5.78 Å². The van der Waals surface area contributed by atoms with E-state index in [1.165, 1.54) is 0 Å². The van der Waals surface area contributed by atoms with Gasteiger partial charge in [0, 0.05) is 19.4 Å². The molecule has 0 aromatic heterocycles. The number of carbonyl (C=O) groups excluding carboxylic acids is 1.